The van der Waals surface area contributed by atoms with Crippen LogP contribution < -0.4 is 5.32 Å². The van der Waals surface area contributed by atoms with Crippen LogP contribution in [0.5, 0.6) is 0 Å². The molecule has 0 radical (unpaired) electrons. The molecule has 0 aromatic heterocycles. The van der Waals surface area contributed by atoms with Gasteiger partial charge in [-0.2, -0.15) is 0 Å². The average molecular weight is 272 g/mol. The number of aryl methyl sites for hydroxylation is 1. The zero-order valence-corrected chi connectivity index (χ0v) is 11.7. The lowest BCUT2D eigenvalue weighted by molar-refractivity contribution is 0.0705. The minimum absolute atomic E-state index is 0.662. The van der Waals surface area contributed by atoms with Crippen molar-refractivity contribution in [3.8, 4) is 0 Å². The van der Waals surface area contributed by atoms with Crippen molar-refractivity contribution >= 4 is 17.3 Å². The number of rotatable bonds is 10. The van der Waals surface area contributed by atoms with Crippen LogP contribution in [0.15, 0.2) is 24.3 Å². The van der Waals surface area contributed by atoms with Crippen LogP contribution >= 0.6 is 11.6 Å². The van der Waals surface area contributed by atoms with Gasteiger partial charge in [0.1, 0.15) is 0 Å². The lowest BCUT2D eigenvalue weighted by atomic mass is 10.1. The van der Waals surface area contributed by atoms with Crippen LogP contribution in [0, 0.1) is 0 Å². The number of nitrogens with one attached hydrogen (secondary N) is 1. The zero-order chi connectivity index (χ0) is 13.1. The molecule has 0 aliphatic rings. The number of hydrogen-bond donors (Lipinski definition) is 1. The van der Waals surface area contributed by atoms with Crippen LogP contribution in [0.25, 0.3) is 0 Å². The van der Waals surface area contributed by atoms with Crippen molar-refractivity contribution in [2.45, 2.75) is 12.8 Å². The second-order valence-electron chi connectivity index (χ2n) is 4.02. The molecule has 0 spiro atoms. The summed E-state index contributed by atoms with van der Waals surface area (Å²) in [6.45, 7) is 3.02. The number of anilines is 1. The fourth-order valence-corrected chi connectivity index (χ4v) is 1.77. The first-order chi connectivity index (χ1) is 8.86. The Morgan fingerprint density at radius 1 is 1.11 bits per heavy atom. The number of methoxy groups -OCH3 is 1. The molecule has 0 aliphatic carbocycles. The van der Waals surface area contributed by atoms with Crippen LogP contribution in [0.4, 0.5) is 5.69 Å². The van der Waals surface area contributed by atoms with Gasteiger partial charge in [0, 0.05) is 31.8 Å². The highest BCUT2D eigenvalue weighted by Gasteiger charge is 1.94. The Kier molecular flexibility index (Phi) is 8.65. The third kappa shape index (κ3) is 6.84. The molecule has 0 unspecified atom stereocenters. The summed E-state index contributed by atoms with van der Waals surface area (Å²) in [4.78, 5) is 0. The number of alkyl halides is 1. The summed E-state index contributed by atoms with van der Waals surface area (Å²) in [5, 5.41) is 3.36. The van der Waals surface area contributed by atoms with Gasteiger partial charge in [-0.3, -0.25) is 0 Å². The van der Waals surface area contributed by atoms with Crippen molar-refractivity contribution in [3.63, 3.8) is 0 Å². The molecule has 0 amide bonds. The first-order valence-corrected chi connectivity index (χ1v) is 6.85. The highest BCUT2D eigenvalue weighted by molar-refractivity contribution is 6.17. The van der Waals surface area contributed by atoms with E-state index >= 15 is 0 Å². The Labute approximate surface area is 114 Å². The third-order valence-corrected chi connectivity index (χ3v) is 2.75. The highest BCUT2D eigenvalue weighted by atomic mass is 35.5. The molecule has 0 saturated carbocycles. The minimum atomic E-state index is 0.662. The van der Waals surface area contributed by atoms with Gasteiger partial charge in [-0.15, -0.1) is 11.6 Å². The first kappa shape index (κ1) is 15.3. The maximum atomic E-state index is 5.69. The summed E-state index contributed by atoms with van der Waals surface area (Å²) in [7, 11) is 1.68. The molecule has 1 N–H and O–H groups in total. The zero-order valence-electron chi connectivity index (χ0n) is 11.0. The molecule has 0 bridgehead atoms. The van der Waals surface area contributed by atoms with E-state index in [1.54, 1.807) is 7.11 Å². The third-order valence-electron chi connectivity index (χ3n) is 2.56. The molecule has 102 valence electrons. The van der Waals surface area contributed by atoms with Crippen molar-refractivity contribution in [1.29, 1.82) is 0 Å². The van der Waals surface area contributed by atoms with E-state index in [0.717, 1.165) is 31.7 Å². The molecule has 18 heavy (non-hydrogen) atoms. The summed E-state index contributed by atoms with van der Waals surface area (Å²) in [5.74, 6) is 0.672. The predicted molar refractivity (Wildman–Crippen MR) is 76.7 cm³/mol. The Bertz CT molecular complexity index is 303. The topological polar surface area (TPSA) is 30.5 Å². The Hall–Kier alpha value is -0.770. The van der Waals surface area contributed by atoms with E-state index in [1.165, 1.54) is 5.56 Å². The summed E-state index contributed by atoms with van der Waals surface area (Å²) < 4.78 is 10.3. The quantitative estimate of drug-likeness (QED) is 0.524. The summed E-state index contributed by atoms with van der Waals surface area (Å²) in [6.07, 6.45) is 1.92. The molecule has 1 aromatic rings. The summed E-state index contributed by atoms with van der Waals surface area (Å²) in [5.41, 5.74) is 2.42. The van der Waals surface area contributed by atoms with Crippen LogP contribution in [0.2, 0.25) is 0 Å². The van der Waals surface area contributed by atoms with Gasteiger partial charge >= 0.3 is 0 Å². The van der Waals surface area contributed by atoms with Crippen molar-refractivity contribution in [2.75, 3.05) is 44.7 Å². The van der Waals surface area contributed by atoms with Gasteiger partial charge in [0.2, 0.25) is 0 Å². The van der Waals surface area contributed by atoms with Crippen LogP contribution in [-0.2, 0) is 15.9 Å². The van der Waals surface area contributed by atoms with E-state index in [4.69, 9.17) is 21.1 Å². The molecule has 3 nitrogen and oxygen atoms in total. The van der Waals surface area contributed by atoms with E-state index < -0.39 is 0 Å². The summed E-state index contributed by atoms with van der Waals surface area (Å²) in [6, 6.07) is 8.40. The van der Waals surface area contributed by atoms with Crippen molar-refractivity contribution in [2.24, 2.45) is 0 Å². The van der Waals surface area contributed by atoms with E-state index in [1.807, 2.05) is 0 Å². The van der Waals surface area contributed by atoms with E-state index in [0.29, 0.717) is 19.1 Å². The van der Waals surface area contributed by atoms with Crippen LogP contribution in [0.1, 0.15) is 12.0 Å². The van der Waals surface area contributed by atoms with E-state index in [9.17, 15) is 0 Å². The van der Waals surface area contributed by atoms with Gasteiger partial charge in [0.05, 0.1) is 13.2 Å². The Morgan fingerprint density at radius 3 is 2.56 bits per heavy atom. The fraction of sp³-hybridized carbons (Fsp3) is 0.571. The molecule has 1 aromatic carbocycles. The fourth-order valence-electron chi connectivity index (χ4n) is 1.55. The van der Waals surface area contributed by atoms with Crippen LogP contribution in [0.3, 0.4) is 0 Å². The molecule has 0 heterocycles. The Morgan fingerprint density at radius 2 is 1.89 bits per heavy atom. The van der Waals surface area contributed by atoms with Gasteiger partial charge in [0.25, 0.3) is 0 Å². The van der Waals surface area contributed by atoms with Crippen molar-refractivity contribution < 1.29 is 9.47 Å². The monoisotopic (exact) mass is 271 g/mol. The molecule has 1 rings (SSSR count). The maximum Gasteiger partial charge on any atom is 0.0700 e. The standard InChI is InChI=1S/C14H22ClNO2/c1-17-11-12-18-10-2-9-16-14-5-3-13(4-6-14)7-8-15/h3-6,16H,2,7-12H2,1H3. The van der Waals surface area contributed by atoms with Gasteiger partial charge < -0.3 is 14.8 Å². The van der Waals surface area contributed by atoms with Crippen molar-refractivity contribution in [1.82, 2.24) is 0 Å². The SMILES string of the molecule is COCCOCCCNc1ccc(CCCl)cc1. The number of hydrogen-bond acceptors (Lipinski definition) is 3. The maximum absolute atomic E-state index is 5.69. The molecule has 4 heteroatoms. The van der Waals surface area contributed by atoms with Gasteiger partial charge in [-0.05, 0) is 30.5 Å². The summed E-state index contributed by atoms with van der Waals surface area (Å²) >= 11 is 5.69. The minimum Gasteiger partial charge on any atom is -0.385 e. The molecular formula is C14H22ClNO2. The van der Waals surface area contributed by atoms with E-state index in [-0.39, 0.29) is 0 Å². The molecule has 0 saturated heterocycles. The molecule has 0 aliphatic heterocycles. The number of halogens is 1. The van der Waals surface area contributed by atoms with Crippen LogP contribution in [-0.4, -0.2) is 39.4 Å². The van der Waals surface area contributed by atoms with E-state index in [2.05, 4.69) is 29.6 Å². The van der Waals surface area contributed by atoms with Gasteiger partial charge in [-0.1, -0.05) is 12.1 Å². The highest BCUT2D eigenvalue weighted by Crippen LogP contribution is 2.10. The van der Waals surface area contributed by atoms with Crippen molar-refractivity contribution in [3.05, 3.63) is 29.8 Å². The normalized spacial score (nSPS) is 10.6. The van der Waals surface area contributed by atoms with Gasteiger partial charge in [-0.25, -0.2) is 0 Å². The largest absolute Gasteiger partial charge is 0.385 e. The molecule has 0 fully saturated rings. The average Bonchev–Trinajstić information content (AvgIpc) is 2.40. The van der Waals surface area contributed by atoms with Gasteiger partial charge in [0.15, 0.2) is 0 Å². The number of ether oxygens (including phenoxy) is 2. The molecule has 0 atom stereocenters. The predicted octanol–water partition coefficient (Wildman–Crippen LogP) is 2.93. The Balaban J connectivity index is 2.08. The second kappa shape index (κ2) is 10.2. The lowest BCUT2D eigenvalue weighted by Gasteiger charge is -2.07. The lowest BCUT2D eigenvalue weighted by Crippen LogP contribution is -2.08. The first-order valence-electron chi connectivity index (χ1n) is 6.32. The second-order valence-corrected chi connectivity index (χ2v) is 4.40. The smallest absolute Gasteiger partial charge is 0.0700 e. The number of benzene rings is 1. The molecular weight excluding hydrogens is 250 g/mol.